The molecule has 2 rings (SSSR count). The van der Waals surface area contributed by atoms with Gasteiger partial charge in [0.25, 0.3) is 0 Å². The smallest absolute Gasteiger partial charge is 0.184 e. The van der Waals surface area contributed by atoms with Crippen molar-refractivity contribution >= 4 is 0 Å². The topological polar surface area (TPSA) is 47.9 Å². The van der Waals surface area contributed by atoms with Gasteiger partial charge in [-0.2, -0.15) is 0 Å². The van der Waals surface area contributed by atoms with Crippen LogP contribution in [0.15, 0.2) is 18.2 Å². The molecule has 0 bridgehead atoms. The zero-order valence-electron chi connectivity index (χ0n) is 12.0. The maximum Gasteiger partial charge on any atom is 0.184 e. The predicted octanol–water partition coefficient (Wildman–Crippen LogP) is 3.39. The number of hydrogen-bond acceptors (Lipinski definition) is 4. The van der Waals surface area contributed by atoms with Gasteiger partial charge in [0.05, 0.1) is 18.3 Å². The van der Waals surface area contributed by atoms with E-state index < -0.39 is 6.29 Å². The molecule has 4 heteroatoms. The third-order valence-corrected chi connectivity index (χ3v) is 3.12. The van der Waals surface area contributed by atoms with Crippen molar-refractivity contribution in [2.45, 2.75) is 52.1 Å². The van der Waals surface area contributed by atoms with Gasteiger partial charge in [0.15, 0.2) is 17.8 Å². The molecule has 0 unspecified atom stereocenters. The maximum absolute atomic E-state index is 9.71. The molecule has 4 nitrogen and oxygen atoms in total. The third-order valence-electron chi connectivity index (χ3n) is 3.12. The van der Waals surface area contributed by atoms with Crippen LogP contribution in [0.4, 0.5) is 0 Å². The SMILES string of the molecule is CCOc1cc([C@@H]2O[C@@H](C)CC(C)(C)O2)ccc1O. The molecule has 1 fully saturated rings. The van der Waals surface area contributed by atoms with Crippen LogP contribution >= 0.6 is 0 Å². The first-order valence-electron chi connectivity index (χ1n) is 6.70. The van der Waals surface area contributed by atoms with Gasteiger partial charge in [0, 0.05) is 12.0 Å². The molecular weight excluding hydrogens is 244 g/mol. The minimum Gasteiger partial charge on any atom is -0.504 e. The second kappa shape index (κ2) is 5.39. The third kappa shape index (κ3) is 3.39. The average molecular weight is 266 g/mol. The zero-order chi connectivity index (χ0) is 14.0. The number of aromatic hydroxyl groups is 1. The fraction of sp³-hybridized carbons (Fsp3) is 0.600. The summed E-state index contributed by atoms with van der Waals surface area (Å²) in [7, 11) is 0. The van der Waals surface area contributed by atoms with Crippen molar-refractivity contribution in [1.82, 2.24) is 0 Å². The Kier molecular flexibility index (Phi) is 4.02. The molecule has 1 heterocycles. The van der Waals surface area contributed by atoms with E-state index in [2.05, 4.69) is 13.8 Å². The fourth-order valence-electron chi connectivity index (χ4n) is 2.41. The fourth-order valence-corrected chi connectivity index (χ4v) is 2.41. The van der Waals surface area contributed by atoms with E-state index in [9.17, 15) is 5.11 Å². The highest BCUT2D eigenvalue weighted by atomic mass is 16.7. The number of phenolic OH excluding ortho intramolecular Hbond substituents is 1. The van der Waals surface area contributed by atoms with Crippen LogP contribution in [0, 0.1) is 0 Å². The number of benzene rings is 1. The largest absolute Gasteiger partial charge is 0.504 e. The molecule has 2 atom stereocenters. The van der Waals surface area contributed by atoms with Crippen LogP contribution in [0.5, 0.6) is 11.5 Å². The molecule has 1 aromatic carbocycles. The average Bonchev–Trinajstić information content (AvgIpc) is 2.29. The van der Waals surface area contributed by atoms with E-state index in [1.807, 2.05) is 13.8 Å². The first-order valence-corrected chi connectivity index (χ1v) is 6.70. The molecular formula is C15H22O4. The summed E-state index contributed by atoms with van der Waals surface area (Å²) in [5.74, 6) is 0.594. The van der Waals surface area contributed by atoms with E-state index in [1.54, 1.807) is 18.2 Å². The van der Waals surface area contributed by atoms with Gasteiger partial charge in [0.2, 0.25) is 0 Å². The molecule has 106 valence electrons. The standard InChI is InChI=1S/C15H22O4/c1-5-17-13-8-11(6-7-12(13)16)14-18-10(2)9-15(3,4)19-14/h6-8,10,14,16H,5,9H2,1-4H3/t10-,14+/m0/s1. The Balaban J connectivity index is 2.23. The quantitative estimate of drug-likeness (QED) is 0.911. The lowest BCUT2D eigenvalue weighted by atomic mass is 9.99. The first-order chi connectivity index (χ1) is 8.91. The molecule has 0 aromatic heterocycles. The summed E-state index contributed by atoms with van der Waals surface area (Å²) in [6.07, 6.45) is 0.580. The molecule has 19 heavy (non-hydrogen) atoms. The Labute approximate surface area is 114 Å². The number of phenols is 1. The highest BCUT2D eigenvalue weighted by molar-refractivity contribution is 5.42. The molecule has 1 saturated heterocycles. The number of ether oxygens (including phenoxy) is 3. The summed E-state index contributed by atoms with van der Waals surface area (Å²) in [5.41, 5.74) is 0.646. The van der Waals surface area contributed by atoms with Crippen molar-refractivity contribution in [2.75, 3.05) is 6.61 Å². The van der Waals surface area contributed by atoms with Gasteiger partial charge in [-0.3, -0.25) is 0 Å². The van der Waals surface area contributed by atoms with E-state index in [4.69, 9.17) is 14.2 Å². The number of rotatable bonds is 3. The molecule has 1 aliphatic rings. The summed E-state index contributed by atoms with van der Waals surface area (Å²) in [5, 5.41) is 9.71. The Bertz CT molecular complexity index is 442. The molecule has 0 aliphatic carbocycles. The van der Waals surface area contributed by atoms with Gasteiger partial charge in [-0.05, 0) is 39.8 Å². The van der Waals surface area contributed by atoms with E-state index in [0.29, 0.717) is 12.4 Å². The molecule has 0 spiro atoms. The Morgan fingerprint density at radius 1 is 1.42 bits per heavy atom. The molecule has 0 saturated carbocycles. The summed E-state index contributed by atoms with van der Waals surface area (Å²) in [6.45, 7) is 8.54. The Hall–Kier alpha value is -1.26. The van der Waals surface area contributed by atoms with E-state index in [0.717, 1.165) is 12.0 Å². The van der Waals surface area contributed by atoms with E-state index in [1.165, 1.54) is 0 Å². The van der Waals surface area contributed by atoms with Crippen molar-refractivity contribution in [2.24, 2.45) is 0 Å². The van der Waals surface area contributed by atoms with Gasteiger partial charge in [-0.25, -0.2) is 0 Å². The minimum atomic E-state index is -0.418. The van der Waals surface area contributed by atoms with Crippen LogP contribution in [0.2, 0.25) is 0 Å². The van der Waals surface area contributed by atoms with Gasteiger partial charge < -0.3 is 19.3 Å². The van der Waals surface area contributed by atoms with Crippen LogP contribution in [-0.2, 0) is 9.47 Å². The van der Waals surface area contributed by atoms with Crippen LogP contribution in [0.1, 0.15) is 46.0 Å². The van der Waals surface area contributed by atoms with Crippen molar-refractivity contribution in [3.8, 4) is 11.5 Å². The minimum absolute atomic E-state index is 0.133. The summed E-state index contributed by atoms with van der Waals surface area (Å²) in [4.78, 5) is 0. The molecule has 0 amide bonds. The Morgan fingerprint density at radius 3 is 2.79 bits per heavy atom. The molecule has 0 radical (unpaired) electrons. The molecule has 1 aromatic rings. The van der Waals surface area contributed by atoms with E-state index >= 15 is 0 Å². The predicted molar refractivity (Wildman–Crippen MR) is 72.3 cm³/mol. The van der Waals surface area contributed by atoms with Crippen molar-refractivity contribution in [1.29, 1.82) is 0 Å². The van der Waals surface area contributed by atoms with Gasteiger partial charge >= 0.3 is 0 Å². The first kappa shape index (κ1) is 14.2. The lowest BCUT2D eigenvalue weighted by Gasteiger charge is -2.39. The van der Waals surface area contributed by atoms with Crippen LogP contribution in [0.3, 0.4) is 0 Å². The Morgan fingerprint density at radius 2 is 2.16 bits per heavy atom. The lowest BCUT2D eigenvalue weighted by Crippen LogP contribution is -2.38. The van der Waals surface area contributed by atoms with Crippen LogP contribution < -0.4 is 4.74 Å². The zero-order valence-corrected chi connectivity index (χ0v) is 12.0. The highest BCUT2D eigenvalue weighted by Gasteiger charge is 2.34. The van der Waals surface area contributed by atoms with Crippen LogP contribution in [0.25, 0.3) is 0 Å². The lowest BCUT2D eigenvalue weighted by molar-refractivity contribution is -0.273. The van der Waals surface area contributed by atoms with Crippen molar-refractivity contribution in [3.63, 3.8) is 0 Å². The van der Waals surface area contributed by atoms with E-state index in [-0.39, 0.29) is 17.5 Å². The summed E-state index contributed by atoms with van der Waals surface area (Å²) in [6, 6.07) is 5.19. The number of hydrogen-bond donors (Lipinski definition) is 1. The second-order valence-corrected chi connectivity index (χ2v) is 5.52. The maximum atomic E-state index is 9.71. The summed E-state index contributed by atoms with van der Waals surface area (Å²) < 4.78 is 17.2. The normalized spacial score (nSPS) is 26.1. The van der Waals surface area contributed by atoms with Gasteiger partial charge in [0.1, 0.15) is 0 Å². The molecule has 1 aliphatic heterocycles. The monoisotopic (exact) mass is 266 g/mol. The van der Waals surface area contributed by atoms with Gasteiger partial charge in [-0.15, -0.1) is 0 Å². The summed E-state index contributed by atoms with van der Waals surface area (Å²) >= 11 is 0. The highest BCUT2D eigenvalue weighted by Crippen LogP contribution is 2.38. The van der Waals surface area contributed by atoms with Crippen LogP contribution in [-0.4, -0.2) is 23.4 Å². The van der Waals surface area contributed by atoms with Crippen molar-refractivity contribution in [3.05, 3.63) is 23.8 Å². The molecule has 1 N–H and O–H groups in total. The van der Waals surface area contributed by atoms with Gasteiger partial charge in [-0.1, -0.05) is 6.07 Å². The van der Waals surface area contributed by atoms with Crippen molar-refractivity contribution < 1.29 is 19.3 Å². The second-order valence-electron chi connectivity index (χ2n) is 5.52.